The zero-order chi connectivity index (χ0) is 19.6. The summed E-state index contributed by atoms with van der Waals surface area (Å²) < 4.78 is 22.6. The van der Waals surface area contributed by atoms with Gasteiger partial charge in [0.1, 0.15) is 11.5 Å². The molecule has 0 aromatic heterocycles. The highest BCUT2D eigenvalue weighted by Crippen LogP contribution is 2.44. The quantitative estimate of drug-likeness (QED) is 0.497. The lowest BCUT2D eigenvalue weighted by Crippen LogP contribution is -2.12. The van der Waals surface area contributed by atoms with E-state index in [0.29, 0.717) is 0 Å². The number of rotatable bonds is 6. The summed E-state index contributed by atoms with van der Waals surface area (Å²) in [6.07, 6.45) is 1.85. The van der Waals surface area contributed by atoms with Crippen molar-refractivity contribution >= 4 is 7.82 Å². The Labute approximate surface area is 156 Å². The highest BCUT2D eigenvalue weighted by atomic mass is 31.2. The molecule has 140 valence electrons. The van der Waals surface area contributed by atoms with Crippen molar-refractivity contribution in [1.82, 2.24) is 0 Å². The van der Waals surface area contributed by atoms with Crippen LogP contribution >= 0.6 is 7.82 Å². The molecule has 0 amide bonds. The second-order valence-electron chi connectivity index (χ2n) is 7.88. The van der Waals surface area contributed by atoms with Crippen molar-refractivity contribution in [2.75, 3.05) is 0 Å². The maximum absolute atomic E-state index is 12.3. The first-order chi connectivity index (χ1) is 11.9. The number of phosphoric ester groups is 1. The van der Waals surface area contributed by atoms with Crippen molar-refractivity contribution in [2.24, 2.45) is 0 Å². The predicted octanol–water partition coefficient (Wildman–Crippen LogP) is 6.01. The van der Waals surface area contributed by atoms with Crippen molar-refractivity contribution in [3.8, 4) is 11.5 Å². The number of hydrogen-bond acceptors (Lipinski definition) is 3. The van der Waals surface area contributed by atoms with Crippen LogP contribution in [-0.2, 0) is 15.4 Å². The minimum atomic E-state index is -4.28. The molecule has 2 aromatic carbocycles. The van der Waals surface area contributed by atoms with E-state index in [-0.39, 0.29) is 22.3 Å². The molecule has 0 fully saturated rings. The molecule has 5 heteroatoms. The van der Waals surface area contributed by atoms with Crippen LogP contribution in [0.3, 0.4) is 0 Å². The Morgan fingerprint density at radius 3 is 1.58 bits per heavy atom. The summed E-state index contributed by atoms with van der Waals surface area (Å²) in [4.78, 5) is 10.0. The van der Waals surface area contributed by atoms with Gasteiger partial charge in [0.05, 0.1) is 0 Å². The molecule has 0 aliphatic carbocycles. The Kier molecular flexibility index (Phi) is 5.70. The third kappa shape index (κ3) is 5.23. The monoisotopic (exact) mass is 374 g/mol. The third-order valence-corrected chi connectivity index (χ3v) is 5.15. The molecule has 0 saturated carbocycles. The summed E-state index contributed by atoms with van der Waals surface area (Å²) in [6.45, 7) is 14.2. The second-order valence-corrected chi connectivity index (χ2v) is 9.18. The van der Waals surface area contributed by atoms with Gasteiger partial charge in [0.2, 0.25) is 0 Å². The summed E-state index contributed by atoms with van der Waals surface area (Å²) in [7, 11) is -4.28. The van der Waals surface area contributed by atoms with E-state index in [1.807, 2.05) is 44.2 Å². The molecule has 1 atom stereocenters. The van der Waals surface area contributed by atoms with Crippen molar-refractivity contribution in [3.05, 3.63) is 72.3 Å². The molecule has 0 bridgehead atoms. The van der Waals surface area contributed by atoms with Crippen LogP contribution in [0.2, 0.25) is 0 Å². The maximum atomic E-state index is 12.3. The van der Waals surface area contributed by atoms with E-state index in [2.05, 4.69) is 27.4 Å². The van der Waals surface area contributed by atoms with Gasteiger partial charge in [-0.25, -0.2) is 4.57 Å². The van der Waals surface area contributed by atoms with Gasteiger partial charge in [0.25, 0.3) is 0 Å². The van der Waals surface area contributed by atoms with Gasteiger partial charge in [-0.05, 0) is 40.8 Å². The Morgan fingerprint density at radius 1 is 0.846 bits per heavy atom. The van der Waals surface area contributed by atoms with Gasteiger partial charge in [-0.2, -0.15) is 0 Å². The molecule has 0 aliphatic rings. The normalized spacial score (nSPS) is 14.4. The predicted molar refractivity (Wildman–Crippen MR) is 106 cm³/mol. The van der Waals surface area contributed by atoms with Crippen molar-refractivity contribution in [3.63, 3.8) is 0 Å². The molecule has 26 heavy (non-hydrogen) atoms. The molecule has 2 rings (SSSR count). The molecule has 1 N–H and O–H groups in total. The molecule has 1 unspecified atom stereocenters. The van der Waals surface area contributed by atoms with Gasteiger partial charge in [-0.3, -0.25) is 4.89 Å². The fraction of sp³-hybridized carbons (Fsp3) is 0.333. The van der Waals surface area contributed by atoms with Gasteiger partial charge in [-0.1, -0.05) is 65.0 Å². The van der Waals surface area contributed by atoms with E-state index in [4.69, 9.17) is 9.05 Å². The first-order valence-corrected chi connectivity index (χ1v) is 9.99. The Hall–Kier alpha value is -2.03. The molecule has 2 aromatic rings. The molecule has 0 aliphatic heterocycles. The van der Waals surface area contributed by atoms with E-state index >= 15 is 0 Å². The Bertz CT molecular complexity index is 799. The van der Waals surface area contributed by atoms with Crippen LogP contribution in [-0.4, -0.2) is 4.89 Å². The summed E-state index contributed by atoms with van der Waals surface area (Å²) in [5.41, 5.74) is 1.95. The largest absolute Gasteiger partial charge is 0.584 e. The van der Waals surface area contributed by atoms with E-state index in [9.17, 15) is 9.46 Å². The molecule has 4 nitrogen and oxygen atoms in total. The first kappa shape index (κ1) is 20.3. The van der Waals surface area contributed by atoms with Crippen molar-refractivity contribution in [2.45, 2.75) is 45.4 Å². The number of phosphoric acid groups is 1. The highest BCUT2D eigenvalue weighted by Gasteiger charge is 2.26. The van der Waals surface area contributed by atoms with Gasteiger partial charge in [-0.15, -0.1) is 6.58 Å². The Morgan fingerprint density at radius 2 is 1.23 bits per heavy atom. The smallest absolute Gasteiger partial charge is 0.395 e. The summed E-state index contributed by atoms with van der Waals surface area (Å²) in [6, 6.07) is 14.1. The van der Waals surface area contributed by atoms with Gasteiger partial charge in [0.15, 0.2) is 0 Å². The molecule has 0 radical (unpaired) electrons. The minimum Gasteiger partial charge on any atom is -0.395 e. The summed E-state index contributed by atoms with van der Waals surface area (Å²) in [5, 5.41) is 0. The lowest BCUT2D eigenvalue weighted by atomic mass is 9.85. The average Bonchev–Trinajstić information content (AvgIpc) is 2.54. The molecule has 0 heterocycles. The zero-order valence-electron chi connectivity index (χ0n) is 16.0. The lowest BCUT2D eigenvalue weighted by Gasteiger charge is -2.21. The van der Waals surface area contributed by atoms with Crippen LogP contribution in [0, 0.1) is 0 Å². The van der Waals surface area contributed by atoms with E-state index < -0.39 is 7.82 Å². The topological polar surface area (TPSA) is 55.8 Å². The lowest BCUT2D eigenvalue weighted by molar-refractivity contribution is 0.291. The van der Waals surface area contributed by atoms with Crippen molar-refractivity contribution < 1.29 is 18.5 Å². The minimum absolute atomic E-state index is 0.00109. The van der Waals surface area contributed by atoms with Gasteiger partial charge in [0, 0.05) is 5.41 Å². The fourth-order valence-corrected chi connectivity index (χ4v) is 3.18. The number of hydrogen-bond donors (Lipinski definition) is 1. The fourth-order valence-electron chi connectivity index (χ4n) is 2.36. The zero-order valence-corrected chi connectivity index (χ0v) is 16.9. The SMILES string of the molecule is C=CC(C)(C)c1ccc(OP(=O)(O)Oc2ccc(C(C)(C)C)cc2)cc1. The average molecular weight is 374 g/mol. The first-order valence-electron chi connectivity index (χ1n) is 8.50. The van der Waals surface area contributed by atoms with Crippen LogP contribution in [0.15, 0.2) is 61.2 Å². The molecule has 0 saturated heterocycles. The van der Waals surface area contributed by atoms with Crippen LogP contribution in [0.1, 0.15) is 45.7 Å². The highest BCUT2D eigenvalue weighted by molar-refractivity contribution is 7.48. The van der Waals surface area contributed by atoms with Crippen LogP contribution in [0.25, 0.3) is 0 Å². The van der Waals surface area contributed by atoms with E-state index in [1.165, 1.54) is 0 Å². The van der Waals surface area contributed by atoms with Gasteiger partial charge < -0.3 is 9.05 Å². The Balaban J connectivity index is 2.09. The maximum Gasteiger partial charge on any atom is 0.584 e. The van der Waals surface area contributed by atoms with Crippen LogP contribution in [0.5, 0.6) is 11.5 Å². The molecular formula is C21H27O4P. The van der Waals surface area contributed by atoms with Crippen molar-refractivity contribution in [1.29, 1.82) is 0 Å². The molecular weight excluding hydrogens is 347 g/mol. The van der Waals surface area contributed by atoms with Gasteiger partial charge >= 0.3 is 7.82 Å². The number of benzene rings is 2. The van der Waals surface area contributed by atoms with E-state index in [1.54, 1.807) is 24.3 Å². The summed E-state index contributed by atoms with van der Waals surface area (Å²) in [5.74, 6) is 0.555. The standard InChI is InChI=1S/C21H27O4P/c1-7-21(5,6)17-10-14-19(15-11-17)25-26(22,23)24-18-12-8-16(9-13-18)20(2,3)4/h7-15H,1H2,2-6H3,(H,22,23). The van der Waals surface area contributed by atoms with Crippen LogP contribution < -0.4 is 9.05 Å². The van der Waals surface area contributed by atoms with Crippen LogP contribution in [0.4, 0.5) is 0 Å². The molecule has 0 spiro atoms. The summed E-state index contributed by atoms with van der Waals surface area (Å²) >= 11 is 0. The second kappa shape index (κ2) is 7.30. The van der Waals surface area contributed by atoms with E-state index in [0.717, 1.165) is 11.1 Å². The third-order valence-electron chi connectivity index (χ3n) is 4.27. The number of allylic oxidation sites excluding steroid dienone is 1.